The molecule has 4 aliphatic rings. The van der Waals surface area contributed by atoms with Crippen molar-refractivity contribution in [2.45, 2.75) is 51.5 Å². The average molecular weight is 289 g/mol. The summed E-state index contributed by atoms with van der Waals surface area (Å²) in [5.41, 5.74) is -0.0136. The van der Waals surface area contributed by atoms with Crippen molar-refractivity contribution >= 4 is 17.2 Å². The van der Waals surface area contributed by atoms with Crippen molar-refractivity contribution in [1.82, 2.24) is 5.32 Å². The van der Waals surface area contributed by atoms with Crippen molar-refractivity contribution in [3.05, 3.63) is 22.4 Å². The largest absolute Gasteiger partial charge is 0.348 e. The van der Waals surface area contributed by atoms with Gasteiger partial charge in [-0.1, -0.05) is 6.07 Å². The van der Waals surface area contributed by atoms with Gasteiger partial charge in [-0.3, -0.25) is 4.79 Å². The minimum Gasteiger partial charge on any atom is -0.348 e. The van der Waals surface area contributed by atoms with E-state index in [1.807, 2.05) is 0 Å². The molecule has 20 heavy (non-hydrogen) atoms. The molecule has 1 atom stereocenters. The molecule has 1 heterocycles. The van der Waals surface area contributed by atoms with Crippen LogP contribution in [0.15, 0.2) is 17.5 Å². The Kier molecular flexibility index (Phi) is 2.95. The molecule has 0 aromatic carbocycles. The van der Waals surface area contributed by atoms with E-state index in [-0.39, 0.29) is 11.5 Å². The molecule has 0 unspecified atom stereocenters. The molecular weight excluding hydrogens is 266 g/mol. The SMILES string of the molecule is C[C@H](NC(=O)C12CC3CC(CC(C3)C1)C2)c1cccs1. The second-order valence-electron chi connectivity index (χ2n) is 7.41. The van der Waals surface area contributed by atoms with Gasteiger partial charge in [0.2, 0.25) is 5.91 Å². The number of hydrogen-bond acceptors (Lipinski definition) is 2. The predicted octanol–water partition coefficient (Wildman–Crippen LogP) is 4.14. The number of carbonyl (C=O) groups is 1. The molecule has 0 aliphatic heterocycles. The highest BCUT2D eigenvalue weighted by atomic mass is 32.1. The van der Waals surface area contributed by atoms with Crippen LogP contribution in [0.1, 0.15) is 56.4 Å². The second-order valence-corrected chi connectivity index (χ2v) is 8.39. The van der Waals surface area contributed by atoms with Gasteiger partial charge in [-0.15, -0.1) is 11.3 Å². The van der Waals surface area contributed by atoms with Crippen LogP contribution in [0.4, 0.5) is 0 Å². The summed E-state index contributed by atoms with van der Waals surface area (Å²) in [4.78, 5) is 14.2. The molecule has 0 saturated heterocycles. The van der Waals surface area contributed by atoms with Crippen LogP contribution in [-0.4, -0.2) is 5.91 Å². The van der Waals surface area contributed by atoms with E-state index in [1.54, 1.807) is 11.3 Å². The minimum atomic E-state index is -0.0136. The van der Waals surface area contributed by atoms with Gasteiger partial charge in [0.15, 0.2) is 0 Å². The van der Waals surface area contributed by atoms with Gasteiger partial charge in [0.25, 0.3) is 0 Å². The van der Waals surface area contributed by atoms with Gasteiger partial charge in [0.1, 0.15) is 0 Å². The van der Waals surface area contributed by atoms with Crippen LogP contribution in [0, 0.1) is 23.2 Å². The van der Waals surface area contributed by atoms with Crippen molar-refractivity contribution in [3.8, 4) is 0 Å². The van der Waals surface area contributed by atoms with Gasteiger partial charge in [-0.05, 0) is 74.6 Å². The fourth-order valence-corrected chi connectivity index (χ4v) is 6.08. The van der Waals surface area contributed by atoms with Gasteiger partial charge in [0, 0.05) is 10.3 Å². The van der Waals surface area contributed by atoms with E-state index >= 15 is 0 Å². The first-order valence-corrected chi connectivity index (χ1v) is 8.87. The number of rotatable bonds is 3. The Morgan fingerprint density at radius 3 is 2.35 bits per heavy atom. The topological polar surface area (TPSA) is 29.1 Å². The Balaban J connectivity index is 1.51. The first-order chi connectivity index (χ1) is 9.64. The number of amides is 1. The molecule has 1 N–H and O–H groups in total. The van der Waals surface area contributed by atoms with E-state index in [4.69, 9.17) is 0 Å². The normalized spacial score (nSPS) is 39.8. The Morgan fingerprint density at radius 1 is 1.25 bits per heavy atom. The van der Waals surface area contributed by atoms with E-state index < -0.39 is 0 Å². The number of hydrogen-bond donors (Lipinski definition) is 1. The highest BCUT2D eigenvalue weighted by Crippen LogP contribution is 2.60. The summed E-state index contributed by atoms with van der Waals surface area (Å²) in [7, 11) is 0. The van der Waals surface area contributed by atoms with Crippen LogP contribution in [0.3, 0.4) is 0 Å². The van der Waals surface area contributed by atoms with Crippen LogP contribution in [0.25, 0.3) is 0 Å². The van der Waals surface area contributed by atoms with Crippen LogP contribution in [0.5, 0.6) is 0 Å². The zero-order valence-electron chi connectivity index (χ0n) is 12.1. The summed E-state index contributed by atoms with van der Waals surface area (Å²) in [6.45, 7) is 2.12. The number of thiophene rings is 1. The van der Waals surface area contributed by atoms with Crippen molar-refractivity contribution in [1.29, 1.82) is 0 Å². The fraction of sp³-hybridized carbons (Fsp3) is 0.706. The molecule has 4 aliphatic carbocycles. The Morgan fingerprint density at radius 2 is 1.85 bits per heavy atom. The Labute approximate surface area is 125 Å². The summed E-state index contributed by atoms with van der Waals surface area (Å²) >= 11 is 1.74. The maximum absolute atomic E-state index is 12.9. The summed E-state index contributed by atoms with van der Waals surface area (Å²) in [6, 6.07) is 4.35. The van der Waals surface area contributed by atoms with Crippen LogP contribution in [-0.2, 0) is 4.79 Å². The second kappa shape index (κ2) is 4.59. The molecule has 0 radical (unpaired) electrons. The molecule has 4 fully saturated rings. The van der Waals surface area contributed by atoms with E-state index in [1.165, 1.54) is 24.1 Å². The van der Waals surface area contributed by atoms with Crippen molar-refractivity contribution in [2.24, 2.45) is 23.2 Å². The lowest BCUT2D eigenvalue weighted by molar-refractivity contribution is -0.146. The summed E-state index contributed by atoms with van der Waals surface area (Å²) < 4.78 is 0. The third-order valence-electron chi connectivity index (χ3n) is 5.84. The standard InChI is InChI=1S/C17H23NOS/c1-11(15-3-2-4-20-15)18-16(19)17-8-12-5-13(9-17)7-14(6-12)10-17/h2-4,11-14H,5-10H2,1H3,(H,18,19)/t11-,12?,13?,14?,17?/m0/s1. The molecule has 1 aromatic heterocycles. The minimum absolute atomic E-state index is 0.0136. The zero-order valence-corrected chi connectivity index (χ0v) is 12.9. The molecule has 108 valence electrons. The third kappa shape index (κ3) is 2.02. The summed E-state index contributed by atoms with van der Waals surface area (Å²) in [5, 5.41) is 5.40. The monoisotopic (exact) mass is 289 g/mol. The molecule has 1 aromatic rings. The van der Waals surface area contributed by atoms with E-state index in [9.17, 15) is 4.79 Å². The molecule has 4 saturated carbocycles. The molecule has 4 bridgehead atoms. The Bertz CT molecular complexity index is 472. The van der Waals surface area contributed by atoms with E-state index in [0.29, 0.717) is 5.91 Å². The van der Waals surface area contributed by atoms with Crippen LogP contribution >= 0.6 is 11.3 Å². The molecule has 0 spiro atoms. The van der Waals surface area contributed by atoms with Gasteiger partial charge >= 0.3 is 0 Å². The average Bonchev–Trinajstić information content (AvgIpc) is 2.90. The first kappa shape index (κ1) is 12.9. The summed E-state index contributed by atoms with van der Waals surface area (Å²) in [5.74, 6) is 2.86. The highest BCUT2D eigenvalue weighted by Gasteiger charge is 2.54. The summed E-state index contributed by atoms with van der Waals surface area (Å²) in [6.07, 6.45) is 7.65. The lowest BCUT2D eigenvalue weighted by atomic mass is 9.49. The van der Waals surface area contributed by atoms with E-state index in [2.05, 4.69) is 29.8 Å². The highest BCUT2D eigenvalue weighted by molar-refractivity contribution is 7.10. The Hall–Kier alpha value is -0.830. The first-order valence-electron chi connectivity index (χ1n) is 7.99. The van der Waals surface area contributed by atoms with Gasteiger partial charge in [-0.25, -0.2) is 0 Å². The third-order valence-corrected chi connectivity index (χ3v) is 6.89. The molecule has 2 nitrogen and oxygen atoms in total. The molecule has 1 amide bonds. The van der Waals surface area contributed by atoms with Gasteiger partial charge in [0.05, 0.1) is 6.04 Å². The molecule has 3 heteroatoms. The quantitative estimate of drug-likeness (QED) is 0.890. The fourth-order valence-electron chi connectivity index (χ4n) is 5.35. The van der Waals surface area contributed by atoms with Crippen LogP contribution in [0.2, 0.25) is 0 Å². The van der Waals surface area contributed by atoms with Crippen molar-refractivity contribution in [3.63, 3.8) is 0 Å². The maximum Gasteiger partial charge on any atom is 0.226 e. The maximum atomic E-state index is 12.9. The predicted molar refractivity (Wildman–Crippen MR) is 81.5 cm³/mol. The number of nitrogens with one attached hydrogen (secondary N) is 1. The number of carbonyl (C=O) groups excluding carboxylic acids is 1. The van der Waals surface area contributed by atoms with Crippen molar-refractivity contribution < 1.29 is 4.79 Å². The van der Waals surface area contributed by atoms with Crippen LogP contribution < -0.4 is 5.32 Å². The smallest absolute Gasteiger partial charge is 0.226 e. The molecular formula is C17H23NOS. The lowest BCUT2D eigenvalue weighted by Gasteiger charge is -2.55. The lowest BCUT2D eigenvalue weighted by Crippen LogP contribution is -2.53. The van der Waals surface area contributed by atoms with Gasteiger partial charge in [-0.2, -0.15) is 0 Å². The van der Waals surface area contributed by atoms with E-state index in [0.717, 1.165) is 37.0 Å². The van der Waals surface area contributed by atoms with Gasteiger partial charge < -0.3 is 5.32 Å². The molecule has 5 rings (SSSR count). The zero-order chi connectivity index (χ0) is 13.7. The van der Waals surface area contributed by atoms with Crippen molar-refractivity contribution in [2.75, 3.05) is 0 Å².